The quantitative estimate of drug-likeness (QED) is 0.824. The highest BCUT2D eigenvalue weighted by Crippen LogP contribution is 2.19. The van der Waals surface area contributed by atoms with Gasteiger partial charge in [-0.25, -0.2) is 13.8 Å². The first kappa shape index (κ1) is 18.4. The lowest BCUT2D eigenvalue weighted by Gasteiger charge is -2.34. The molecule has 0 spiro atoms. The molecule has 0 N–H and O–H groups in total. The molecule has 0 aliphatic carbocycles. The fourth-order valence-electron chi connectivity index (χ4n) is 2.96. The summed E-state index contributed by atoms with van der Waals surface area (Å²) in [4.78, 5) is 33.4. The van der Waals surface area contributed by atoms with Crippen molar-refractivity contribution in [3.63, 3.8) is 0 Å². The van der Waals surface area contributed by atoms with Crippen molar-refractivity contribution in [1.29, 1.82) is 0 Å². The molecule has 1 aromatic heterocycles. The number of carbonyl (C=O) groups is 2. The molecule has 1 aromatic carbocycles. The highest BCUT2D eigenvalue weighted by atomic mass is 32.1. The third-order valence-electron chi connectivity index (χ3n) is 4.40. The molecule has 138 valence electrons. The molecule has 0 saturated carbocycles. The highest BCUT2D eigenvalue weighted by molar-refractivity contribution is 7.11. The number of thiazole rings is 1. The summed E-state index contributed by atoms with van der Waals surface area (Å²) in [7, 11) is 0. The summed E-state index contributed by atoms with van der Waals surface area (Å²) in [5.74, 6) is -2.37. The number of benzene rings is 1. The van der Waals surface area contributed by atoms with Crippen molar-refractivity contribution >= 4 is 23.2 Å². The van der Waals surface area contributed by atoms with Crippen molar-refractivity contribution < 1.29 is 18.4 Å². The lowest BCUT2D eigenvalue weighted by Crippen LogP contribution is -2.51. The smallest absolute Gasteiger partial charge is 0.254 e. The first-order chi connectivity index (χ1) is 12.3. The van der Waals surface area contributed by atoms with Crippen molar-refractivity contribution in [3.8, 4) is 0 Å². The maximum atomic E-state index is 13.3. The Morgan fingerprint density at radius 1 is 1.08 bits per heavy atom. The van der Waals surface area contributed by atoms with Gasteiger partial charge in [0.2, 0.25) is 5.91 Å². The third kappa shape index (κ3) is 3.90. The van der Waals surface area contributed by atoms with E-state index in [1.807, 2.05) is 13.8 Å². The van der Waals surface area contributed by atoms with Gasteiger partial charge in [-0.1, -0.05) is 0 Å². The zero-order valence-electron chi connectivity index (χ0n) is 14.6. The van der Waals surface area contributed by atoms with E-state index >= 15 is 0 Å². The van der Waals surface area contributed by atoms with Crippen molar-refractivity contribution in [2.24, 2.45) is 0 Å². The lowest BCUT2D eigenvalue weighted by molar-refractivity contribution is -0.131. The topological polar surface area (TPSA) is 53.5 Å². The first-order valence-electron chi connectivity index (χ1n) is 8.30. The second-order valence-electron chi connectivity index (χ2n) is 6.22. The van der Waals surface area contributed by atoms with E-state index in [1.54, 1.807) is 9.80 Å². The van der Waals surface area contributed by atoms with Crippen LogP contribution in [0.5, 0.6) is 0 Å². The Kier molecular flexibility index (Phi) is 5.31. The summed E-state index contributed by atoms with van der Waals surface area (Å²) in [5.41, 5.74) is 0.993. The summed E-state index contributed by atoms with van der Waals surface area (Å²) in [6, 6.07) is 3.12. The fraction of sp³-hybridized carbons (Fsp3) is 0.389. The van der Waals surface area contributed by atoms with Gasteiger partial charge < -0.3 is 9.80 Å². The molecule has 3 rings (SSSR count). The van der Waals surface area contributed by atoms with Gasteiger partial charge in [-0.2, -0.15) is 0 Å². The normalized spacial score (nSPS) is 14.6. The molecule has 2 heterocycles. The van der Waals surface area contributed by atoms with Gasteiger partial charge in [0.25, 0.3) is 5.91 Å². The minimum atomic E-state index is -1.04. The van der Waals surface area contributed by atoms with Crippen LogP contribution in [0.2, 0.25) is 0 Å². The summed E-state index contributed by atoms with van der Waals surface area (Å²) >= 11 is 1.52. The average Bonchev–Trinajstić information content (AvgIpc) is 2.94. The summed E-state index contributed by atoms with van der Waals surface area (Å²) in [6.45, 7) is 5.38. The Hall–Kier alpha value is -2.35. The van der Waals surface area contributed by atoms with Crippen LogP contribution < -0.4 is 0 Å². The zero-order chi connectivity index (χ0) is 18.8. The van der Waals surface area contributed by atoms with Gasteiger partial charge in [0.1, 0.15) is 0 Å². The van der Waals surface area contributed by atoms with E-state index in [4.69, 9.17) is 0 Å². The molecule has 1 aliphatic heterocycles. The number of aromatic nitrogens is 1. The Bertz CT molecular complexity index is 845. The van der Waals surface area contributed by atoms with Crippen LogP contribution in [0.3, 0.4) is 0 Å². The second kappa shape index (κ2) is 7.49. The van der Waals surface area contributed by atoms with Crippen LogP contribution in [0.1, 0.15) is 25.9 Å². The first-order valence-corrected chi connectivity index (χ1v) is 9.12. The van der Waals surface area contributed by atoms with E-state index in [1.165, 1.54) is 17.4 Å². The summed E-state index contributed by atoms with van der Waals surface area (Å²) in [5, 5.41) is 0.937. The molecule has 0 unspecified atom stereocenters. The van der Waals surface area contributed by atoms with Crippen LogP contribution in [0.15, 0.2) is 18.2 Å². The molecule has 2 aromatic rings. The molecule has 1 fully saturated rings. The van der Waals surface area contributed by atoms with Gasteiger partial charge in [0.15, 0.2) is 11.6 Å². The van der Waals surface area contributed by atoms with E-state index < -0.39 is 11.6 Å². The van der Waals surface area contributed by atoms with Crippen LogP contribution in [0.4, 0.5) is 8.78 Å². The number of amides is 2. The summed E-state index contributed by atoms with van der Waals surface area (Å²) < 4.78 is 26.3. The van der Waals surface area contributed by atoms with Crippen LogP contribution in [-0.4, -0.2) is 52.8 Å². The van der Waals surface area contributed by atoms with Gasteiger partial charge in [0, 0.05) is 36.6 Å². The number of hydrogen-bond donors (Lipinski definition) is 0. The van der Waals surface area contributed by atoms with E-state index in [-0.39, 0.29) is 17.4 Å². The Balaban J connectivity index is 1.58. The monoisotopic (exact) mass is 379 g/mol. The number of carbonyl (C=O) groups excluding carboxylic acids is 2. The van der Waals surface area contributed by atoms with E-state index in [9.17, 15) is 18.4 Å². The molecular formula is C18H19F2N3O2S. The number of piperazine rings is 1. The predicted molar refractivity (Wildman–Crippen MR) is 94.1 cm³/mol. The molecule has 0 atom stereocenters. The lowest BCUT2D eigenvalue weighted by atomic mass is 10.1. The largest absolute Gasteiger partial charge is 0.339 e. The van der Waals surface area contributed by atoms with Crippen LogP contribution in [0, 0.1) is 25.5 Å². The van der Waals surface area contributed by atoms with Gasteiger partial charge in [0.05, 0.1) is 17.1 Å². The maximum Gasteiger partial charge on any atom is 0.254 e. The maximum absolute atomic E-state index is 13.3. The summed E-state index contributed by atoms with van der Waals surface area (Å²) in [6.07, 6.45) is 0.314. The van der Waals surface area contributed by atoms with Crippen LogP contribution in [0.25, 0.3) is 0 Å². The van der Waals surface area contributed by atoms with Crippen molar-refractivity contribution in [1.82, 2.24) is 14.8 Å². The van der Waals surface area contributed by atoms with E-state index in [0.29, 0.717) is 32.6 Å². The van der Waals surface area contributed by atoms with Crippen LogP contribution in [-0.2, 0) is 11.2 Å². The number of nitrogens with zero attached hydrogens (tertiary/aromatic N) is 3. The minimum absolute atomic E-state index is 0.0108. The molecule has 8 heteroatoms. The number of rotatable bonds is 3. The molecule has 0 radical (unpaired) electrons. The Morgan fingerprint density at radius 3 is 2.31 bits per heavy atom. The molecule has 1 aliphatic rings. The number of aryl methyl sites for hydroxylation is 2. The zero-order valence-corrected chi connectivity index (χ0v) is 15.4. The second-order valence-corrected chi connectivity index (χ2v) is 7.51. The molecule has 0 bridgehead atoms. The molecule has 26 heavy (non-hydrogen) atoms. The molecule has 5 nitrogen and oxygen atoms in total. The van der Waals surface area contributed by atoms with E-state index in [0.717, 1.165) is 27.7 Å². The minimum Gasteiger partial charge on any atom is -0.339 e. The van der Waals surface area contributed by atoms with Crippen molar-refractivity contribution in [2.75, 3.05) is 26.2 Å². The van der Waals surface area contributed by atoms with Crippen molar-refractivity contribution in [3.05, 3.63) is 51.0 Å². The van der Waals surface area contributed by atoms with Gasteiger partial charge >= 0.3 is 0 Å². The molecule has 1 saturated heterocycles. The standard InChI is InChI=1S/C18H19F2N3O2S/c1-11-16(26-12(2)21-11)10-17(24)22-5-7-23(8-6-22)18(25)13-3-4-14(19)15(20)9-13/h3-4,9H,5-8,10H2,1-2H3. The SMILES string of the molecule is Cc1nc(C)c(CC(=O)N2CCN(C(=O)c3ccc(F)c(F)c3)CC2)s1. The highest BCUT2D eigenvalue weighted by Gasteiger charge is 2.26. The third-order valence-corrected chi connectivity index (χ3v) is 5.47. The van der Waals surface area contributed by atoms with Gasteiger partial charge in [-0.15, -0.1) is 11.3 Å². The molecular weight excluding hydrogens is 360 g/mol. The van der Waals surface area contributed by atoms with E-state index in [2.05, 4.69) is 4.98 Å². The van der Waals surface area contributed by atoms with Gasteiger partial charge in [-0.05, 0) is 32.0 Å². The number of hydrogen-bond acceptors (Lipinski definition) is 4. The number of halogens is 2. The predicted octanol–water partition coefficient (Wildman–Crippen LogP) is 2.57. The Morgan fingerprint density at radius 2 is 1.73 bits per heavy atom. The van der Waals surface area contributed by atoms with Crippen molar-refractivity contribution in [2.45, 2.75) is 20.3 Å². The fourth-order valence-corrected chi connectivity index (χ4v) is 3.89. The average molecular weight is 379 g/mol. The molecule has 2 amide bonds. The Labute approximate surface area is 154 Å². The van der Waals surface area contributed by atoms with Gasteiger partial charge in [-0.3, -0.25) is 9.59 Å². The van der Waals surface area contributed by atoms with Crippen LogP contribution >= 0.6 is 11.3 Å².